The molecule has 0 bridgehead atoms. The maximum atomic E-state index is 13.3. The Morgan fingerprint density at radius 2 is 1.61 bits per heavy atom. The highest BCUT2D eigenvalue weighted by atomic mass is 16.5. The van der Waals surface area contributed by atoms with Gasteiger partial charge >= 0.3 is 0 Å². The Labute approximate surface area is 161 Å². The van der Waals surface area contributed by atoms with Gasteiger partial charge in [-0.05, 0) is 37.3 Å². The van der Waals surface area contributed by atoms with Crippen LogP contribution in [-0.4, -0.2) is 35.7 Å². The minimum Gasteiger partial charge on any atom is -0.497 e. The summed E-state index contributed by atoms with van der Waals surface area (Å²) in [5.41, 5.74) is 1.99. The molecule has 0 atom stereocenters. The van der Waals surface area contributed by atoms with Crippen LogP contribution in [0.1, 0.15) is 6.92 Å². The maximum Gasteiger partial charge on any atom is 0.296 e. The van der Waals surface area contributed by atoms with Gasteiger partial charge in [-0.2, -0.15) is 9.78 Å². The first-order valence-electron chi connectivity index (χ1n) is 8.93. The molecule has 4 rings (SSSR count). The molecule has 0 aliphatic heterocycles. The van der Waals surface area contributed by atoms with E-state index >= 15 is 0 Å². The third kappa shape index (κ3) is 2.58. The summed E-state index contributed by atoms with van der Waals surface area (Å²) in [5.74, 6) is 1.96. The predicted octanol–water partition coefficient (Wildman–Crippen LogP) is 3.39. The fourth-order valence-corrected chi connectivity index (χ4v) is 3.57. The average Bonchev–Trinajstić information content (AvgIpc) is 3.06. The zero-order chi connectivity index (χ0) is 19.8. The first-order chi connectivity index (χ1) is 13.6. The lowest BCUT2D eigenvalue weighted by molar-refractivity contribution is 0.355. The highest BCUT2D eigenvalue weighted by Crippen LogP contribution is 2.36. The molecule has 0 radical (unpaired) electrons. The lowest BCUT2D eigenvalue weighted by Crippen LogP contribution is -2.22. The van der Waals surface area contributed by atoms with Crippen molar-refractivity contribution >= 4 is 21.8 Å². The Morgan fingerprint density at radius 1 is 0.929 bits per heavy atom. The summed E-state index contributed by atoms with van der Waals surface area (Å²) in [7, 11) is 4.80. The summed E-state index contributed by atoms with van der Waals surface area (Å²) in [5, 5.41) is 6.09. The molecule has 0 saturated carbocycles. The molecule has 7 heteroatoms. The Bertz CT molecular complexity index is 1220. The largest absolute Gasteiger partial charge is 0.497 e. The number of aromatic nitrogens is 3. The fraction of sp³-hybridized carbons (Fsp3) is 0.238. The summed E-state index contributed by atoms with van der Waals surface area (Å²) in [6.07, 6.45) is 1.72. The van der Waals surface area contributed by atoms with Crippen LogP contribution < -0.4 is 19.8 Å². The smallest absolute Gasteiger partial charge is 0.296 e. The molecule has 2 heterocycles. The van der Waals surface area contributed by atoms with Crippen LogP contribution in [0.5, 0.6) is 17.2 Å². The molecule has 0 aliphatic carbocycles. The van der Waals surface area contributed by atoms with E-state index in [2.05, 4.69) is 5.10 Å². The fourth-order valence-electron chi connectivity index (χ4n) is 3.57. The van der Waals surface area contributed by atoms with Gasteiger partial charge in [0.05, 0.1) is 38.7 Å². The minimum absolute atomic E-state index is 0.182. The summed E-state index contributed by atoms with van der Waals surface area (Å²) in [6, 6.07) is 11.0. The highest BCUT2D eigenvalue weighted by Gasteiger charge is 2.18. The van der Waals surface area contributed by atoms with E-state index in [1.54, 1.807) is 39.7 Å². The minimum atomic E-state index is -0.182. The van der Waals surface area contributed by atoms with Gasteiger partial charge in [0.25, 0.3) is 5.56 Å². The van der Waals surface area contributed by atoms with Crippen molar-refractivity contribution in [1.29, 1.82) is 0 Å². The maximum absolute atomic E-state index is 13.3. The highest BCUT2D eigenvalue weighted by molar-refractivity contribution is 6.08. The summed E-state index contributed by atoms with van der Waals surface area (Å²) in [4.78, 5) is 13.3. The van der Waals surface area contributed by atoms with Gasteiger partial charge in [-0.3, -0.25) is 4.79 Å². The number of hydrogen-bond acceptors (Lipinski definition) is 5. The van der Waals surface area contributed by atoms with Gasteiger partial charge in [0.1, 0.15) is 11.3 Å². The zero-order valence-corrected chi connectivity index (χ0v) is 16.2. The molecule has 2 aromatic carbocycles. The quantitative estimate of drug-likeness (QED) is 0.532. The van der Waals surface area contributed by atoms with Crippen LogP contribution in [0.3, 0.4) is 0 Å². The number of fused-ring (bicyclic) bond motifs is 3. The van der Waals surface area contributed by atoms with Gasteiger partial charge < -0.3 is 18.8 Å². The molecule has 0 unspecified atom stereocenters. The van der Waals surface area contributed by atoms with Crippen molar-refractivity contribution in [2.45, 2.75) is 13.5 Å². The van der Waals surface area contributed by atoms with Gasteiger partial charge in [0.15, 0.2) is 11.5 Å². The number of benzene rings is 2. The number of ether oxygens (including phenoxy) is 3. The number of nitrogens with zero attached hydrogens (tertiary/aromatic N) is 3. The lowest BCUT2D eigenvalue weighted by atomic mass is 10.2. The van der Waals surface area contributed by atoms with E-state index in [1.165, 1.54) is 4.68 Å². The van der Waals surface area contributed by atoms with E-state index in [4.69, 9.17) is 14.2 Å². The van der Waals surface area contributed by atoms with Crippen LogP contribution in [0.25, 0.3) is 27.5 Å². The molecular weight excluding hydrogens is 358 g/mol. The van der Waals surface area contributed by atoms with Crippen LogP contribution in [0, 0.1) is 0 Å². The van der Waals surface area contributed by atoms with Gasteiger partial charge in [0, 0.05) is 23.4 Å². The van der Waals surface area contributed by atoms with Crippen LogP contribution in [0.15, 0.2) is 47.4 Å². The SMILES string of the molecule is CCn1c2cc(OC)c(OC)cc2c2cnn(-c3ccc(OC)cc3)c(=O)c21. The second-order valence-electron chi connectivity index (χ2n) is 6.29. The van der Waals surface area contributed by atoms with E-state index in [-0.39, 0.29) is 5.56 Å². The van der Waals surface area contributed by atoms with E-state index in [0.717, 1.165) is 22.0 Å². The Hall–Kier alpha value is -3.48. The van der Waals surface area contributed by atoms with Crippen molar-refractivity contribution in [3.8, 4) is 22.9 Å². The zero-order valence-electron chi connectivity index (χ0n) is 16.2. The molecule has 2 aromatic heterocycles. The van der Waals surface area contributed by atoms with Crippen LogP contribution >= 0.6 is 0 Å². The summed E-state index contributed by atoms with van der Waals surface area (Å²) in [6.45, 7) is 2.64. The van der Waals surface area contributed by atoms with Crippen molar-refractivity contribution in [2.24, 2.45) is 0 Å². The first kappa shape index (κ1) is 17.9. The number of rotatable bonds is 5. The molecule has 0 saturated heterocycles. The third-order valence-electron chi connectivity index (χ3n) is 4.94. The second-order valence-corrected chi connectivity index (χ2v) is 6.29. The standard InChI is InChI=1S/C21H21N3O4/c1-5-23-17-11-19(28-4)18(27-3)10-15(17)16-12-22-24(21(25)20(16)23)13-6-8-14(26-2)9-7-13/h6-12H,5H2,1-4H3. The van der Waals surface area contributed by atoms with Gasteiger partial charge in [0.2, 0.25) is 0 Å². The van der Waals surface area contributed by atoms with Crippen molar-refractivity contribution in [3.63, 3.8) is 0 Å². The molecule has 28 heavy (non-hydrogen) atoms. The third-order valence-corrected chi connectivity index (χ3v) is 4.94. The van der Waals surface area contributed by atoms with Crippen molar-refractivity contribution in [3.05, 3.63) is 52.9 Å². The molecule has 0 N–H and O–H groups in total. The van der Waals surface area contributed by atoms with Gasteiger partial charge in [-0.25, -0.2) is 0 Å². The van der Waals surface area contributed by atoms with Gasteiger partial charge in [-0.15, -0.1) is 0 Å². The van der Waals surface area contributed by atoms with Crippen LogP contribution in [0.4, 0.5) is 0 Å². The second kappa shape index (κ2) is 6.92. The van der Waals surface area contributed by atoms with E-state index in [9.17, 15) is 4.79 Å². The normalized spacial score (nSPS) is 11.1. The number of aryl methyl sites for hydroxylation is 1. The first-order valence-corrected chi connectivity index (χ1v) is 8.93. The molecule has 0 spiro atoms. The summed E-state index contributed by atoms with van der Waals surface area (Å²) >= 11 is 0. The Morgan fingerprint density at radius 3 is 2.21 bits per heavy atom. The topological polar surface area (TPSA) is 67.5 Å². The Kier molecular flexibility index (Phi) is 4.43. The monoisotopic (exact) mass is 379 g/mol. The molecular formula is C21H21N3O4. The Balaban J connectivity index is 2.04. The van der Waals surface area contributed by atoms with E-state index in [0.29, 0.717) is 29.2 Å². The summed E-state index contributed by atoms with van der Waals surface area (Å²) < 4.78 is 19.4. The molecule has 0 aliphatic rings. The molecule has 7 nitrogen and oxygen atoms in total. The molecule has 4 aromatic rings. The lowest BCUT2D eigenvalue weighted by Gasteiger charge is -2.09. The van der Waals surface area contributed by atoms with Crippen LogP contribution in [0.2, 0.25) is 0 Å². The van der Waals surface area contributed by atoms with Gasteiger partial charge in [-0.1, -0.05) is 0 Å². The number of methoxy groups -OCH3 is 3. The molecule has 144 valence electrons. The van der Waals surface area contributed by atoms with Crippen molar-refractivity contribution in [2.75, 3.05) is 21.3 Å². The van der Waals surface area contributed by atoms with Crippen LogP contribution in [-0.2, 0) is 6.54 Å². The van der Waals surface area contributed by atoms with Crippen molar-refractivity contribution < 1.29 is 14.2 Å². The predicted molar refractivity (Wildman–Crippen MR) is 108 cm³/mol. The average molecular weight is 379 g/mol. The number of hydrogen-bond donors (Lipinski definition) is 0. The molecule has 0 amide bonds. The van der Waals surface area contributed by atoms with Crippen molar-refractivity contribution in [1.82, 2.24) is 14.3 Å². The molecule has 0 fully saturated rings. The van der Waals surface area contributed by atoms with E-state index in [1.807, 2.05) is 35.8 Å². The van der Waals surface area contributed by atoms with E-state index < -0.39 is 0 Å².